The number of alkyl halides is 3. The Kier molecular flexibility index (Phi) is 10.9. The molecule has 0 radical (unpaired) electrons. The maximum absolute atomic E-state index is 15.4. The van der Waals surface area contributed by atoms with Crippen LogP contribution in [0.1, 0.15) is 28.4 Å². The van der Waals surface area contributed by atoms with Crippen LogP contribution in [-0.2, 0) is 17.5 Å². The van der Waals surface area contributed by atoms with Crippen molar-refractivity contribution in [1.29, 1.82) is 0 Å². The lowest BCUT2D eigenvalue weighted by molar-refractivity contribution is -0.137. The molecule has 0 saturated carbocycles. The van der Waals surface area contributed by atoms with Crippen LogP contribution < -0.4 is 25.7 Å². The standard InChI is InChI=1S/C37H31F4N5O5S/c1-3-50-30-13-16-46(25-8-5-23(6-9-25)37(39,40)41)36(48)33(30)35(47)45-24-7-11-29(26(38)18-24)51-31-12-14-43-28-19-32(52-34(28)31)27-10-4-22(21-44-27)20-42-15-17-49-2/h4-14,16,18-19,21,42H,3,15,17,20H2,1-2H3,(H,45,47). The molecule has 0 aliphatic heterocycles. The third-order valence-corrected chi connectivity index (χ3v) is 8.89. The summed E-state index contributed by atoms with van der Waals surface area (Å²) >= 11 is 1.39. The number of amides is 1. The summed E-state index contributed by atoms with van der Waals surface area (Å²) < 4.78 is 72.9. The van der Waals surface area contributed by atoms with Gasteiger partial charge in [-0.1, -0.05) is 6.07 Å². The zero-order valence-electron chi connectivity index (χ0n) is 27.8. The SMILES string of the molecule is CCOc1ccn(-c2ccc(C(F)(F)F)cc2)c(=O)c1C(=O)Nc1ccc(Oc2ccnc3cc(-c4ccc(CNCCOC)cn4)sc23)c(F)c1. The second kappa shape index (κ2) is 15.7. The number of hydrogen-bond donors (Lipinski definition) is 2. The average Bonchev–Trinajstić information content (AvgIpc) is 3.57. The maximum atomic E-state index is 15.4. The molecule has 1 amide bonds. The summed E-state index contributed by atoms with van der Waals surface area (Å²) in [5, 5.41) is 5.78. The highest BCUT2D eigenvalue weighted by Crippen LogP contribution is 2.39. The summed E-state index contributed by atoms with van der Waals surface area (Å²) in [5.74, 6) is -1.51. The number of pyridine rings is 3. The Morgan fingerprint density at radius 1 is 0.962 bits per heavy atom. The van der Waals surface area contributed by atoms with Gasteiger partial charge in [0.05, 0.1) is 39.6 Å². The first-order chi connectivity index (χ1) is 25.0. The van der Waals surface area contributed by atoms with Crippen LogP contribution >= 0.6 is 11.3 Å². The fourth-order valence-electron chi connectivity index (χ4n) is 5.19. The van der Waals surface area contributed by atoms with Crippen molar-refractivity contribution in [1.82, 2.24) is 19.9 Å². The second-order valence-electron chi connectivity index (χ2n) is 11.3. The van der Waals surface area contributed by atoms with Crippen molar-refractivity contribution >= 4 is 33.1 Å². The molecule has 4 aromatic heterocycles. The molecule has 0 fully saturated rings. The Balaban J connectivity index is 1.19. The number of aromatic nitrogens is 3. The minimum absolute atomic E-state index is 0.0170. The Hall–Kier alpha value is -5.64. The number of thiophene rings is 1. The van der Waals surface area contributed by atoms with Crippen LogP contribution in [0.2, 0.25) is 0 Å². The van der Waals surface area contributed by atoms with Crippen LogP contribution in [-0.4, -0.2) is 47.3 Å². The number of nitrogens with zero attached hydrogens (tertiary/aromatic N) is 3. The zero-order chi connectivity index (χ0) is 36.8. The first-order valence-electron chi connectivity index (χ1n) is 15.9. The highest BCUT2D eigenvalue weighted by Gasteiger charge is 2.30. The molecule has 6 aromatic rings. The van der Waals surface area contributed by atoms with Gasteiger partial charge in [-0.3, -0.25) is 24.1 Å². The fraction of sp³-hybridized carbons (Fsp3) is 0.189. The van der Waals surface area contributed by atoms with Crippen molar-refractivity contribution in [2.75, 3.05) is 32.2 Å². The van der Waals surface area contributed by atoms with E-state index in [0.29, 0.717) is 29.1 Å². The fourth-order valence-corrected chi connectivity index (χ4v) is 6.24. The van der Waals surface area contributed by atoms with Gasteiger partial charge in [0.2, 0.25) is 0 Å². The molecule has 0 aliphatic carbocycles. The topological polar surface area (TPSA) is 117 Å². The number of rotatable bonds is 13. The predicted octanol–water partition coefficient (Wildman–Crippen LogP) is 7.85. The largest absolute Gasteiger partial charge is 0.493 e. The van der Waals surface area contributed by atoms with Crippen molar-refractivity contribution in [3.8, 4) is 33.5 Å². The highest BCUT2D eigenvalue weighted by molar-refractivity contribution is 7.22. The number of ether oxygens (including phenoxy) is 3. The first kappa shape index (κ1) is 36.2. The van der Waals surface area contributed by atoms with Crippen LogP contribution in [0.3, 0.4) is 0 Å². The molecule has 10 nitrogen and oxygen atoms in total. The number of carbonyl (C=O) groups excluding carboxylic acids is 1. The molecule has 15 heteroatoms. The molecule has 0 unspecified atom stereocenters. The third kappa shape index (κ3) is 8.12. The van der Waals surface area contributed by atoms with Gasteiger partial charge >= 0.3 is 6.18 Å². The van der Waals surface area contributed by atoms with Gasteiger partial charge in [0.15, 0.2) is 11.6 Å². The summed E-state index contributed by atoms with van der Waals surface area (Å²) in [4.78, 5) is 36.7. The quantitative estimate of drug-likeness (QED) is 0.0912. The smallest absolute Gasteiger partial charge is 0.416 e. The molecule has 0 atom stereocenters. The lowest BCUT2D eigenvalue weighted by atomic mass is 10.1. The Bertz CT molecular complexity index is 2260. The van der Waals surface area contributed by atoms with Gasteiger partial charge in [-0.25, -0.2) is 4.39 Å². The second-order valence-corrected chi connectivity index (χ2v) is 12.3. The van der Waals surface area contributed by atoms with Gasteiger partial charge in [0, 0.05) is 62.3 Å². The van der Waals surface area contributed by atoms with E-state index in [-0.39, 0.29) is 29.5 Å². The molecule has 0 saturated heterocycles. The van der Waals surface area contributed by atoms with Crippen LogP contribution in [0, 0.1) is 5.82 Å². The molecule has 268 valence electrons. The van der Waals surface area contributed by atoms with Crippen molar-refractivity contribution in [3.05, 3.63) is 124 Å². The van der Waals surface area contributed by atoms with Gasteiger partial charge in [-0.15, -0.1) is 11.3 Å². The summed E-state index contributed by atoms with van der Waals surface area (Å²) in [6.07, 6.45) is 0.0809. The number of hydrogen-bond acceptors (Lipinski definition) is 9. The average molecular weight is 734 g/mol. The lowest BCUT2D eigenvalue weighted by Crippen LogP contribution is -2.29. The molecule has 4 heterocycles. The van der Waals surface area contributed by atoms with E-state index in [1.54, 1.807) is 32.5 Å². The van der Waals surface area contributed by atoms with E-state index in [0.717, 1.165) is 57.6 Å². The van der Waals surface area contributed by atoms with Gasteiger partial charge in [-0.2, -0.15) is 13.2 Å². The molecular weight excluding hydrogens is 702 g/mol. The Morgan fingerprint density at radius 2 is 1.77 bits per heavy atom. The van der Waals surface area contributed by atoms with Crippen molar-refractivity contribution < 1.29 is 36.6 Å². The molecule has 0 bridgehead atoms. The van der Waals surface area contributed by atoms with E-state index in [9.17, 15) is 22.8 Å². The molecule has 6 rings (SSSR count). The monoisotopic (exact) mass is 733 g/mol. The van der Waals surface area contributed by atoms with Crippen molar-refractivity contribution in [2.24, 2.45) is 0 Å². The maximum Gasteiger partial charge on any atom is 0.416 e. The van der Waals surface area contributed by atoms with E-state index in [1.807, 2.05) is 18.2 Å². The predicted molar refractivity (Wildman–Crippen MR) is 189 cm³/mol. The normalized spacial score (nSPS) is 11.5. The van der Waals surface area contributed by atoms with E-state index in [4.69, 9.17) is 14.2 Å². The van der Waals surface area contributed by atoms with E-state index in [1.165, 1.54) is 35.7 Å². The van der Waals surface area contributed by atoms with E-state index >= 15 is 4.39 Å². The van der Waals surface area contributed by atoms with Gasteiger partial charge in [0.25, 0.3) is 11.5 Å². The lowest BCUT2D eigenvalue weighted by Gasteiger charge is -2.14. The Labute approximate surface area is 298 Å². The highest BCUT2D eigenvalue weighted by atomic mass is 32.1. The van der Waals surface area contributed by atoms with Crippen LogP contribution in [0.15, 0.2) is 96.2 Å². The van der Waals surface area contributed by atoms with Gasteiger partial charge < -0.3 is 24.8 Å². The van der Waals surface area contributed by atoms with Crippen LogP contribution in [0.5, 0.6) is 17.2 Å². The molecule has 2 N–H and O–H groups in total. The summed E-state index contributed by atoms with van der Waals surface area (Å²) in [6.45, 7) is 3.77. The van der Waals surface area contributed by atoms with Gasteiger partial charge in [0.1, 0.15) is 17.1 Å². The summed E-state index contributed by atoms with van der Waals surface area (Å²) in [7, 11) is 1.65. The number of anilines is 1. The number of benzene rings is 2. The molecule has 52 heavy (non-hydrogen) atoms. The number of methoxy groups -OCH3 is 1. The van der Waals surface area contributed by atoms with Crippen molar-refractivity contribution in [3.63, 3.8) is 0 Å². The number of nitrogens with one attached hydrogen (secondary N) is 2. The molecule has 0 aliphatic rings. The van der Waals surface area contributed by atoms with E-state index < -0.39 is 34.6 Å². The number of carbonyl (C=O) groups is 1. The van der Waals surface area contributed by atoms with Gasteiger partial charge in [-0.05, 0) is 67.1 Å². The number of fused-ring (bicyclic) bond motifs is 1. The molecule has 0 spiro atoms. The molecular formula is C37H31F4N5O5S. The van der Waals surface area contributed by atoms with Crippen LogP contribution in [0.25, 0.3) is 26.5 Å². The van der Waals surface area contributed by atoms with Crippen molar-refractivity contribution in [2.45, 2.75) is 19.6 Å². The van der Waals surface area contributed by atoms with Crippen LogP contribution in [0.4, 0.5) is 23.2 Å². The minimum atomic E-state index is -4.56. The number of halogens is 4. The zero-order valence-corrected chi connectivity index (χ0v) is 28.6. The van der Waals surface area contributed by atoms with E-state index in [2.05, 4.69) is 20.6 Å². The Morgan fingerprint density at radius 3 is 2.46 bits per heavy atom. The summed E-state index contributed by atoms with van der Waals surface area (Å²) in [5.41, 5.74) is 0.374. The third-order valence-electron chi connectivity index (χ3n) is 7.73. The molecule has 2 aromatic carbocycles. The first-order valence-corrected chi connectivity index (χ1v) is 16.8. The summed E-state index contributed by atoms with van der Waals surface area (Å²) in [6, 6.07) is 16.4. The minimum Gasteiger partial charge on any atom is -0.493 e.